The summed E-state index contributed by atoms with van der Waals surface area (Å²) in [5.74, 6) is -1.11. The van der Waals surface area contributed by atoms with E-state index in [1.807, 2.05) is 22.7 Å². The smallest absolute Gasteiger partial charge is 0.387 e. The number of imidazole rings is 1. The summed E-state index contributed by atoms with van der Waals surface area (Å²) >= 11 is 0. The fraction of sp³-hybridized carbons (Fsp3) is 0.321. The summed E-state index contributed by atoms with van der Waals surface area (Å²) in [6, 6.07) is 9.46. The number of hydrogen-bond donors (Lipinski definition) is 1. The van der Waals surface area contributed by atoms with E-state index < -0.39 is 23.9 Å². The Morgan fingerprint density at radius 1 is 1.18 bits per heavy atom. The zero-order chi connectivity index (χ0) is 26.3. The number of pyridine rings is 2. The summed E-state index contributed by atoms with van der Waals surface area (Å²) in [6.45, 7) is -3.03. The molecule has 1 aliphatic heterocycles. The van der Waals surface area contributed by atoms with Crippen LogP contribution in [0.25, 0.3) is 16.8 Å². The first-order valence-corrected chi connectivity index (χ1v) is 12.6. The van der Waals surface area contributed by atoms with Crippen LogP contribution >= 0.6 is 0 Å². The average Bonchev–Trinajstić information content (AvgIpc) is 3.40. The second kappa shape index (κ2) is 8.04. The van der Waals surface area contributed by atoms with E-state index in [4.69, 9.17) is 15.5 Å². The van der Waals surface area contributed by atoms with Crippen LogP contribution in [0.2, 0.25) is 0 Å². The number of alkyl halides is 2. The highest BCUT2D eigenvalue weighted by Crippen LogP contribution is 2.52. The number of amides is 1. The van der Waals surface area contributed by atoms with Gasteiger partial charge in [-0.3, -0.25) is 9.78 Å². The van der Waals surface area contributed by atoms with Gasteiger partial charge in [0.25, 0.3) is 5.91 Å². The van der Waals surface area contributed by atoms with E-state index in [0.717, 1.165) is 23.4 Å². The molecule has 7 nitrogen and oxygen atoms in total. The van der Waals surface area contributed by atoms with Crippen molar-refractivity contribution in [3.63, 3.8) is 0 Å². The monoisotopic (exact) mass is 519 g/mol. The number of aromatic nitrogens is 3. The fourth-order valence-corrected chi connectivity index (χ4v) is 6.26. The van der Waals surface area contributed by atoms with Gasteiger partial charge in [0.2, 0.25) is 0 Å². The van der Waals surface area contributed by atoms with Gasteiger partial charge in [0.05, 0.1) is 28.7 Å². The normalized spacial score (nSPS) is 21.3. The predicted molar refractivity (Wildman–Crippen MR) is 132 cm³/mol. The Kier molecular flexibility index (Phi) is 4.91. The summed E-state index contributed by atoms with van der Waals surface area (Å²) in [6.07, 6.45) is 6.35. The zero-order valence-electron chi connectivity index (χ0n) is 20.5. The van der Waals surface area contributed by atoms with Crippen LogP contribution in [-0.2, 0) is 5.54 Å². The SMILES string of the molecule is CN1C(=O)c2cccc(OC(F)F)c2C2CC1c1nc3ccc(-c4cnc(C5(N)CCC5)c(F)c4)cn3c12. The van der Waals surface area contributed by atoms with Crippen molar-refractivity contribution in [2.75, 3.05) is 7.05 Å². The third-order valence-corrected chi connectivity index (χ3v) is 8.33. The number of carbonyl (C=O) groups excluding carboxylic acids is 1. The van der Waals surface area contributed by atoms with E-state index in [1.165, 1.54) is 12.1 Å². The third kappa shape index (κ3) is 3.22. The summed E-state index contributed by atoms with van der Waals surface area (Å²) in [5.41, 5.74) is 10.1. The minimum atomic E-state index is -3.03. The van der Waals surface area contributed by atoms with Gasteiger partial charge >= 0.3 is 6.61 Å². The van der Waals surface area contributed by atoms with Crippen LogP contribution in [-0.4, -0.2) is 38.8 Å². The van der Waals surface area contributed by atoms with Gasteiger partial charge in [0, 0.05) is 47.6 Å². The van der Waals surface area contributed by atoms with Gasteiger partial charge in [-0.15, -0.1) is 0 Å². The molecule has 1 aromatic carbocycles. The lowest BCUT2D eigenvalue weighted by Crippen LogP contribution is -2.44. The molecule has 1 amide bonds. The second-order valence-electron chi connectivity index (χ2n) is 10.4. The summed E-state index contributed by atoms with van der Waals surface area (Å²) < 4.78 is 48.5. The average molecular weight is 520 g/mol. The molecule has 2 N–H and O–H groups in total. The molecule has 2 bridgehead atoms. The van der Waals surface area contributed by atoms with E-state index in [9.17, 15) is 13.6 Å². The maximum atomic E-state index is 15.1. The molecular formula is C28H24F3N5O2. The largest absolute Gasteiger partial charge is 0.434 e. The quantitative estimate of drug-likeness (QED) is 0.404. The van der Waals surface area contributed by atoms with Crippen LogP contribution in [0, 0.1) is 5.82 Å². The first-order valence-electron chi connectivity index (χ1n) is 12.6. The van der Waals surface area contributed by atoms with Crippen LogP contribution < -0.4 is 10.5 Å². The molecule has 10 heteroatoms. The molecule has 4 heterocycles. The van der Waals surface area contributed by atoms with Crippen molar-refractivity contribution in [3.8, 4) is 16.9 Å². The van der Waals surface area contributed by atoms with E-state index >= 15 is 4.39 Å². The molecule has 1 fully saturated rings. The van der Waals surface area contributed by atoms with Crippen molar-refractivity contribution < 1.29 is 22.7 Å². The Hall–Kier alpha value is -3.92. The lowest BCUT2D eigenvalue weighted by Gasteiger charge is -2.37. The zero-order valence-corrected chi connectivity index (χ0v) is 20.5. The highest BCUT2D eigenvalue weighted by Gasteiger charge is 2.46. The van der Waals surface area contributed by atoms with Crippen molar-refractivity contribution in [1.29, 1.82) is 0 Å². The minimum absolute atomic E-state index is 0.0163. The molecule has 2 atom stereocenters. The molecule has 3 aliphatic rings. The van der Waals surface area contributed by atoms with Crippen LogP contribution in [0.5, 0.6) is 5.75 Å². The molecule has 7 rings (SSSR count). The lowest BCUT2D eigenvalue weighted by molar-refractivity contribution is -0.0506. The fourth-order valence-electron chi connectivity index (χ4n) is 6.26. The van der Waals surface area contributed by atoms with Crippen LogP contribution in [0.3, 0.4) is 0 Å². The van der Waals surface area contributed by atoms with E-state index in [-0.39, 0.29) is 23.4 Å². The number of carbonyl (C=O) groups is 1. The maximum absolute atomic E-state index is 15.1. The molecule has 0 saturated heterocycles. The summed E-state index contributed by atoms with van der Waals surface area (Å²) in [7, 11) is 1.70. The van der Waals surface area contributed by atoms with Crippen molar-refractivity contribution in [3.05, 3.63) is 82.8 Å². The number of rotatable bonds is 4. The molecule has 2 unspecified atom stereocenters. The molecule has 4 aromatic rings. The lowest BCUT2D eigenvalue weighted by atomic mass is 9.75. The van der Waals surface area contributed by atoms with Gasteiger partial charge in [0.1, 0.15) is 17.2 Å². The molecule has 1 saturated carbocycles. The Morgan fingerprint density at radius 3 is 2.71 bits per heavy atom. The number of benzene rings is 1. The standard InChI is InChI=1S/C28H24F3N5O2/c1-35-19-11-17(22-16(26(35)37)4-2-5-20(22)38-27(30)31)24-23(19)34-21-7-6-14(13-36(21)24)15-10-18(29)25(33-12-15)28(32)8-3-9-28/h2,4-7,10,12-13,17,19,27H,3,8-9,11,32H2,1H3. The summed E-state index contributed by atoms with van der Waals surface area (Å²) in [5, 5.41) is 0. The first kappa shape index (κ1) is 23.2. The molecule has 0 radical (unpaired) electrons. The van der Waals surface area contributed by atoms with E-state index in [1.54, 1.807) is 30.3 Å². The second-order valence-corrected chi connectivity index (χ2v) is 10.4. The Bertz CT molecular complexity index is 1630. The maximum Gasteiger partial charge on any atom is 0.387 e. The number of hydrogen-bond acceptors (Lipinski definition) is 5. The molecule has 3 aromatic heterocycles. The Labute approximate surface area is 216 Å². The van der Waals surface area contributed by atoms with Crippen LogP contribution in [0.1, 0.15) is 70.6 Å². The van der Waals surface area contributed by atoms with Gasteiger partial charge in [-0.05, 0) is 56.0 Å². The minimum Gasteiger partial charge on any atom is -0.434 e. The van der Waals surface area contributed by atoms with Gasteiger partial charge < -0.3 is 19.8 Å². The number of nitrogens with two attached hydrogens (primary N) is 1. The van der Waals surface area contributed by atoms with Gasteiger partial charge in [0.15, 0.2) is 0 Å². The van der Waals surface area contributed by atoms with E-state index in [0.29, 0.717) is 41.6 Å². The van der Waals surface area contributed by atoms with Crippen molar-refractivity contribution in [1.82, 2.24) is 19.3 Å². The van der Waals surface area contributed by atoms with Gasteiger partial charge in [-0.25, -0.2) is 9.37 Å². The highest BCUT2D eigenvalue weighted by atomic mass is 19.3. The molecule has 2 aliphatic carbocycles. The molecular weight excluding hydrogens is 495 g/mol. The van der Waals surface area contributed by atoms with Gasteiger partial charge in [-0.2, -0.15) is 8.78 Å². The molecule has 194 valence electrons. The predicted octanol–water partition coefficient (Wildman–Crippen LogP) is 5.14. The number of halogens is 3. The van der Waals surface area contributed by atoms with Gasteiger partial charge in [-0.1, -0.05) is 6.07 Å². The van der Waals surface area contributed by atoms with E-state index in [2.05, 4.69) is 4.98 Å². The number of fused-ring (bicyclic) bond motifs is 9. The van der Waals surface area contributed by atoms with Crippen molar-refractivity contribution >= 4 is 11.6 Å². The number of nitrogens with zero attached hydrogens (tertiary/aromatic N) is 4. The number of ether oxygens (including phenoxy) is 1. The van der Waals surface area contributed by atoms with Crippen LogP contribution in [0.15, 0.2) is 48.8 Å². The first-order chi connectivity index (χ1) is 18.2. The van der Waals surface area contributed by atoms with Crippen LogP contribution in [0.4, 0.5) is 13.2 Å². The Morgan fingerprint density at radius 2 is 2.00 bits per heavy atom. The molecule has 38 heavy (non-hydrogen) atoms. The Balaban J connectivity index is 1.38. The highest BCUT2D eigenvalue weighted by molar-refractivity contribution is 5.98. The molecule has 0 spiro atoms. The topological polar surface area (TPSA) is 85.8 Å². The third-order valence-electron chi connectivity index (χ3n) is 8.33. The van der Waals surface area contributed by atoms with Crippen molar-refractivity contribution in [2.24, 2.45) is 5.73 Å². The summed E-state index contributed by atoms with van der Waals surface area (Å²) in [4.78, 5) is 24.1. The van der Waals surface area contributed by atoms with Crippen molar-refractivity contribution in [2.45, 2.75) is 49.8 Å².